The van der Waals surface area contributed by atoms with E-state index in [4.69, 9.17) is 11.5 Å². The van der Waals surface area contributed by atoms with Gasteiger partial charge in [0.1, 0.15) is 0 Å². The Morgan fingerprint density at radius 3 is 2.62 bits per heavy atom. The first-order chi connectivity index (χ1) is 6.07. The molecule has 1 atom stereocenters. The van der Waals surface area contributed by atoms with Gasteiger partial charge in [-0.1, -0.05) is 11.9 Å². The van der Waals surface area contributed by atoms with Crippen LogP contribution < -0.4 is 16.2 Å². The lowest BCUT2D eigenvalue weighted by atomic mass is 9.92. The lowest BCUT2D eigenvalue weighted by molar-refractivity contribution is 0.714. The first-order valence-electron chi connectivity index (χ1n) is 4.28. The molecule has 0 bridgehead atoms. The summed E-state index contributed by atoms with van der Waals surface area (Å²) in [4.78, 5) is 0. The van der Waals surface area contributed by atoms with E-state index in [-0.39, 0.29) is 6.04 Å². The summed E-state index contributed by atoms with van der Waals surface area (Å²) in [5, 5.41) is 0. The van der Waals surface area contributed by atoms with Crippen LogP contribution in [-0.4, -0.2) is 12.3 Å². The van der Waals surface area contributed by atoms with Gasteiger partial charge in [0.15, 0.2) is 0 Å². The molecule has 0 fully saturated rings. The van der Waals surface area contributed by atoms with Gasteiger partial charge in [-0.25, -0.2) is 0 Å². The molecule has 1 aliphatic carbocycles. The van der Waals surface area contributed by atoms with Crippen molar-refractivity contribution in [3.8, 4) is 0 Å². The summed E-state index contributed by atoms with van der Waals surface area (Å²) in [6.45, 7) is 4.06. The van der Waals surface area contributed by atoms with E-state index in [2.05, 4.69) is 4.72 Å². The van der Waals surface area contributed by atoms with E-state index >= 15 is 0 Å². The van der Waals surface area contributed by atoms with E-state index in [0.29, 0.717) is 0 Å². The smallest absolute Gasteiger partial charge is 0.0677 e. The fourth-order valence-electron chi connectivity index (χ4n) is 1.44. The summed E-state index contributed by atoms with van der Waals surface area (Å²) < 4.78 is 3.18. The second kappa shape index (κ2) is 4.07. The molecule has 0 saturated carbocycles. The minimum absolute atomic E-state index is 0.113. The van der Waals surface area contributed by atoms with Crippen molar-refractivity contribution in [2.45, 2.75) is 26.3 Å². The van der Waals surface area contributed by atoms with Crippen LogP contribution in [0.1, 0.15) is 20.3 Å². The highest BCUT2D eigenvalue weighted by atomic mass is 32.2. The number of nitrogens with one attached hydrogen (secondary N) is 1. The summed E-state index contributed by atoms with van der Waals surface area (Å²) in [5.41, 5.74) is 16.1. The molecular formula is C9H17N3S. The molecule has 13 heavy (non-hydrogen) atoms. The second-order valence-corrected chi connectivity index (χ2v) is 3.98. The van der Waals surface area contributed by atoms with Gasteiger partial charge in [-0.15, -0.1) is 0 Å². The molecular weight excluding hydrogens is 182 g/mol. The van der Waals surface area contributed by atoms with Crippen LogP contribution in [0.25, 0.3) is 0 Å². The maximum atomic E-state index is 5.95. The normalized spacial score (nSPS) is 23.8. The van der Waals surface area contributed by atoms with Crippen LogP contribution in [0.3, 0.4) is 0 Å². The van der Waals surface area contributed by atoms with Gasteiger partial charge in [0, 0.05) is 12.3 Å². The molecule has 5 N–H and O–H groups in total. The third-order valence-corrected chi connectivity index (χ3v) is 2.82. The molecule has 0 aromatic rings. The lowest BCUT2D eigenvalue weighted by Crippen LogP contribution is -2.31. The van der Waals surface area contributed by atoms with Crippen molar-refractivity contribution in [1.82, 2.24) is 4.72 Å². The van der Waals surface area contributed by atoms with E-state index in [1.165, 1.54) is 5.57 Å². The van der Waals surface area contributed by atoms with Gasteiger partial charge in [-0.2, -0.15) is 0 Å². The van der Waals surface area contributed by atoms with E-state index in [1.807, 2.05) is 20.1 Å². The Balaban J connectivity index is 3.01. The zero-order valence-corrected chi connectivity index (χ0v) is 9.16. The minimum Gasteiger partial charge on any atom is -0.397 e. The Morgan fingerprint density at radius 1 is 1.46 bits per heavy atom. The van der Waals surface area contributed by atoms with Gasteiger partial charge >= 0.3 is 0 Å². The maximum Gasteiger partial charge on any atom is 0.0677 e. The highest BCUT2D eigenvalue weighted by molar-refractivity contribution is 7.96. The molecule has 1 aliphatic rings. The van der Waals surface area contributed by atoms with Crippen LogP contribution in [0.2, 0.25) is 0 Å². The zero-order valence-electron chi connectivity index (χ0n) is 8.35. The average Bonchev–Trinajstić information content (AvgIpc) is 2.09. The standard InChI is InChI=1S/C9H17N3S/c1-5-4-7(10)6(2)9(8(5)11)12-13-3/h7,12H,4,10-11H2,1-3H3. The summed E-state index contributed by atoms with van der Waals surface area (Å²) in [6.07, 6.45) is 2.85. The third kappa shape index (κ3) is 2.00. The SMILES string of the molecule is CSNC1=C(C)C(N)CC(C)=C1N. The molecule has 0 radical (unpaired) electrons. The van der Waals surface area contributed by atoms with Crippen LogP contribution in [0.15, 0.2) is 22.5 Å². The molecule has 3 nitrogen and oxygen atoms in total. The van der Waals surface area contributed by atoms with Crippen LogP contribution in [0.5, 0.6) is 0 Å². The first kappa shape index (κ1) is 10.5. The van der Waals surface area contributed by atoms with Gasteiger partial charge in [0.05, 0.1) is 11.4 Å². The van der Waals surface area contributed by atoms with E-state index in [0.717, 1.165) is 23.4 Å². The molecule has 0 heterocycles. The van der Waals surface area contributed by atoms with Crippen molar-refractivity contribution in [3.05, 3.63) is 22.5 Å². The fourth-order valence-corrected chi connectivity index (χ4v) is 1.92. The molecule has 0 spiro atoms. The molecule has 0 aliphatic heterocycles. The Hall–Kier alpha value is -0.610. The van der Waals surface area contributed by atoms with Crippen LogP contribution in [-0.2, 0) is 0 Å². The minimum atomic E-state index is 0.113. The summed E-state index contributed by atoms with van der Waals surface area (Å²) in [5.74, 6) is 0. The first-order valence-corrected chi connectivity index (χ1v) is 5.51. The fraction of sp³-hybridized carbons (Fsp3) is 0.556. The predicted molar refractivity (Wildman–Crippen MR) is 58.8 cm³/mol. The number of hydrogen-bond donors (Lipinski definition) is 3. The van der Waals surface area contributed by atoms with Gasteiger partial charge in [-0.3, -0.25) is 0 Å². The summed E-state index contributed by atoms with van der Waals surface area (Å²) >= 11 is 1.54. The molecule has 1 rings (SSSR count). The van der Waals surface area contributed by atoms with Crippen molar-refractivity contribution in [1.29, 1.82) is 0 Å². The lowest BCUT2D eigenvalue weighted by Gasteiger charge is -2.25. The van der Waals surface area contributed by atoms with Crippen molar-refractivity contribution in [3.63, 3.8) is 0 Å². The summed E-state index contributed by atoms with van der Waals surface area (Å²) in [6, 6.07) is 0.113. The number of nitrogens with two attached hydrogens (primary N) is 2. The van der Waals surface area contributed by atoms with Crippen molar-refractivity contribution in [2.75, 3.05) is 6.26 Å². The second-order valence-electron chi connectivity index (χ2n) is 3.37. The Kier molecular flexibility index (Phi) is 3.27. The predicted octanol–water partition coefficient (Wildman–Crippen LogP) is 1.09. The van der Waals surface area contributed by atoms with Crippen LogP contribution >= 0.6 is 11.9 Å². The molecule has 0 aromatic heterocycles. The summed E-state index contributed by atoms with van der Waals surface area (Å²) in [7, 11) is 0. The van der Waals surface area contributed by atoms with Gasteiger partial charge < -0.3 is 16.2 Å². The van der Waals surface area contributed by atoms with Gasteiger partial charge in [0.25, 0.3) is 0 Å². The van der Waals surface area contributed by atoms with E-state index in [1.54, 1.807) is 11.9 Å². The zero-order chi connectivity index (χ0) is 10.0. The molecule has 0 aromatic carbocycles. The number of hydrogen-bond acceptors (Lipinski definition) is 4. The van der Waals surface area contributed by atoms with E-state index < -0.39 is 0 Å². The maximum absolute atomic E-state index is 5.95. The van der Waals surface area contributed by atoms with Gasteiger partial charge in [0.2, 0.25) is 0 Å². The third-order valence-electron chi connectivity index (χ3n) is 2.41. The Labute approximate surface area is 83.8 Å². The molecule has 1 unspecified atom stereocenters. The van der Waals surface area contributed by atoms with E-state index in [9.17, 15) is 0 Å². The molecule has 0 amide bonds. The van der Waals surface area contributed by atoms with Crippen molar-refractivity contribution < 1.29 is 0 Å². The number of rotatable bonds is 2. The topological polar surface area (TPSA) is 64.1 Å². The highest BCUT2D eigenvalue weighted by Gasteiger charge is 2.20. The monoisotopic (exact) mass is 199 g/mol. The Bertz CT molecular complexity index is 268. The van der Waals surface area contributed by atoms with Crippen LogP contribution in [0.4, 0.5) is 0 Å². The van der Waals surface area contributed by atoms with Gasteiger partial charge in [-0.05, 0) is 31.4 Å². The van der Waals surface area contributed by atoms with Crippen molar-refractivity contribution in [2.24, 2.45) is 11.5 Å². The molecule has 74 valence electrons. The Morgan fingerprint density at radius 2 is 2.08 bits per heavy atom. The van der Waals surface area contributed by atoms with Crippen LogP contribution in [0, 0.1) is 0 Å². The van der Waals surface area contributed by atoms with Crippen molar-refractivity contribution >= 4 is 11.9 Å². The molecule has 0 saturated heterocycles. The quantitative estimate of drug-likeness (QED) is 0.583. The average molecular weight is 199 g/mol. The highest BCUT2D eigenvalue weighted by Crippen LogP contribution is 2.25. The largest absolute Gasteiger partial charge is 0.397 e. The molecule has 4 heteroatoms.